The Morgan fingerprint density at radius 2 is 2.05 bits per heavy atom. The minimum absolute atomic E-state index is 0.00601. The van der Waals surface area contributed by atoms with E-state index in [0.29, 0.717) is 11.3 Å². The number of amides is 1. The van der Waals surface area contributed by atoms with E-state index in [1.165, 1.54) is 14.0 Å². The van der Waals surface area contributed by atoms with Crippen LogP contribution in [0.1, 0.15) is 12.5 Å². The van der Waals surface area contributed by atoms with Crippen LogP contribution < -0.4 is 0 Å². The van der Waals surface area contributed by atoms with Gasteiger partial charge in [-0.15, -0.1) is 0 Å². The van der Waals surface area contributed by atoms with E-state index in [2.05, 4.69) is 10.0 Å². The first-order chi connectivity index (χ1) is 9.45. The van der Waals surface area contributed by atoms with Crippen molar-refractivity contribution in [3.8, 4) is 0 Å². The summed E-state index contributed by atoms with van der Waals surface area (Å²) < 4.78 is 4.98. The van der Waals surface area contributed by atoms with Crippen molar-refractivity contribution in [1.29, 1.82) is 0 Å². The Bertz CT molecular complexity index is 537. The minimum Gasteiger partial charge on any atom is -0.480 e. The molecule has 0 aliphatic heterocycles. The Morgan fingerprint density at radius 1 is 1.45 bits per heavy atom. The monoisotopic (exact) mass is 278 g/mol. The normalized spacial score (nSPS) is 11.1. The maximum Gasteiger partial charge on any atom is 0.410 e. The zero-order valence-corrected chi connectivity index (χ0v) is 11.1. The maximum absolute atomic E-state index is 11.6. The average Bonchev–Trinajstić information content (AvgIpc) is 2.44. The molecule has 0 aromatic heterocycles. The van der Waals surface area contributed by atoms with Crippen molar-refractivity contribution in [2.45, 2.75) is 19.6 Å². The van der Waals surface area contributed by atoms with Crippen molar-refractivity contribution in [1.82, 2.24) is 4.90 Å². The minimum atomic E-state index is -1.11. The number of likely N-dealkylation sites (N-methyl/N-ethyl adjacent to an activating group) is 1. The molecule has 1 N–H and O–H groups in total. The fourth-order valence-electron chi connectivity index (χ4n) is 1.28. The number of hydrogen-bond donors (Lipinski definition) is 1. The van der Waals surface area contributed by atoms with Crippen LogP contribution in [0.4, 0.5) is 10.5 Å². The summed E-state index contributed by atoms with van der Waals surface area (Å²) >= 11 is 0. The van der Waals surface area contributed by atoms with E-state index in [-0.39, 0.29) is 6.61 Å². The molecule has 0 unspecified atom stereocenters. The third-order valence-corrected chi connectivity index (χ3v) is 2.69. The van der Waals surface area contributed by atoms with Crippen molar-refractivity contribution in [2.75, 3.05) is 7.05 Å². The standard InChI is InChI=1S/C12H14N4O4/c1-8(11(17)18)16(2)12(19)20-7-9-3-5-10(6-4-9)14-15-13/h3-6,8H,7H2,1-2H3,(H,17,18)/t8-/m1/s1. The van der Waals surface area contributed by atoms with E-state index in [1.54, 1.807) is 24.3 Å². The summed E-state index contributed by atoms with van der Waals surface area (Å²) in [6.45, 7) is 1.39. The van der Waals surface area contributed by atoms with Gasteiger partial charge in [0.2, 0.25) is 0 Å². The first-order valence-electron chi connectivity index (χ1n) is 5.72. The fourth-order valence-corrected chi connectivity index (χ4v) is 1.28. The molecule has 0 fully saturated rings. The highest BCUT2D eigenvalue weighted by molar-refractivity contribution is 5.79. The molecule has 1 atom stereocenters. The summed E-state index contributed by atoms with van der Waals surface area (Å²) in [4.78, 5) is 26.0. The van der Waals surface area contributed by atoms with Crippen molar-refractivity contribution in [2.24, 2.45) is 5.11 Å². The number of nitrogens with zero attached hydrogens (tertiary/aromatic N) is 4. The number of ether oxygens (including phenoxy) is 1. The molecule has 8 nitrogen and oxygen atoms in total. The van der Waals surface area contributed by atoms with E-state index in [1.807, 2.05) is 0 Å². The second-order valence-corrected chi connectivity index (χ2v) is 4.04. The number of carbonyl (C=O) groups is 2. The Labute approximate surface area is 115 Å². The number of benzene rings is 1. The molecule has 1 amide bonds. The third kappa shape index (κ3) is 4.18. The molecule has 1 aromatic rings. The van der Waals surface area contributed by atoms with Gasteiger partial charge in [0.25, 0.3) is 0 Å². The van der Waals surface area contributed by atoms with Gasteiger partial charge in [-0.3, -0.25) is 4.90 Å². The molecule has 20 heavy (non-hydrogen) atoms. The summed E-state index contributed by atoms with van der Waals surface area (Å²) in [5, 5.41) is 12.2. The van der Waals surface area contributed by atoms with Crippen LogP contribution in [-0.2, 0) is 16.1 Å². The number of hydrogen-bond acceptors (Lipinski definition) is 4. The van der Waals surface area contributed by atoms with Crippen LogP contribution in [0.25, 0.3) is 10.4 Å². The lowest BCUT2D eigenvalue weighted by Crippen LogP contribution is -2.40. The smallest absolute Gasteiger partial charge is 0.410 e. The van der Waals surface area contributed by atoms with Crippen LogP contribution in [0.15, 0.2) is 29.4 Å². The van der Waals surface area contributed by atoms with Crippen molar-refractivity contribution >= 4 is 17.7 Å². The predicted molar refractivity (Wildman–Crippen MR) is 70.3 cm³/mol. The van der Waals surface area contributed by atoms with Gasteiger partial charge < -0.3 is 9.84 Å². The highest BCUT2D eigenvalue weighted by Gasteiger charge is 2.22. The molecule has 8 heteroatoms. The van der Waals surface area contributed by atoms with E-state index >= 15 is 0 Å². The Hall–Kier alpha value is -2.73. The summed E-state index contributed by atoms with van der Waals surface area (Å²) in [6, 6.07) is 5.52. The molecular weight excluding hydrogens is 264 g/mol. The van der Waals surface area contributed by atoms with Gasteiger partial charge in [-0.05, 0) is 18.0 Å². The molecular formula is C12H14N4O4. The first kappa shape index (κ1) is 15.3. The van der Waals surface area contributed by atoms with Gasteiger partial charge >= 0.3 is 12.1 Å². The largest absolute Gasteiger partial charge is 0.480 e. The lowest BCUT2D eigenvalue weighted by atomic mass is 10.2. The van der Waals surface area contributed by atoms with E-state index in [0.717, 1.165) is 4.90 Å². The summed E-state index contributed by atoms with van der Waals surface area (Å²) in [6.07, 6.45) is -0.723. The van der Waals surface area contributed by atoms with Gasteiger partial charge in [-0.1, -0.05) is 29.4 Å². The zero-order chi connectivity index (χ0) is 15.1. The van der Waals surface area contributed by atoms with Gasteiger partial charge in [-0.2, -0.15) is 0 Å². The third-order valence-electron chi connectivity index (χ3n) is 2.69. The number of carboxylic acid groups (broad SMARTS) is 1. The van der Waals surface area contributed by atoms with Crippen LogP contribution in [0.3, 0.4) is 0 Å². The Kier molecular flexibility index (Phi) is 5.37. The number of rotatable bonds is 5. The van der Waals surface area contributed by atoms with E-state index in [9.17, 15) is 9.59 Å². The highest BCUT2D eigenvalue weighted by Crippen LogP contribution is 2.14. The summed E-state index contributed by atoms with van der Waals surface area (Å²) in [5.41, 5.74) is 9.42. The lowest BCUT2D eigenvalue weighted by molar-refractivity contribution is -0.141. The molecule has 0 aliphatic rings. The van der Waals surface area contributed by atoms with Gasteiger partial charge in [0.05, 0.1) is 0 Å². The van der Waals surface area contributed by atoms with Crippen molar-refractivity contribution < 1.29 is 19.4 Å². The molecule has 1 rings (SSSR count). The molecule has 0 radical (unpaired) electrons. The molecule has 0 saturated heterocycles. The Morgan fingerprint density at radius 3 is 2.55 bits per heavy atom. The lowest BCUT2D eigenvalue weighted by Gasteiger charge is -2.20. The molecule has 0 heterocycles. The number of carbonyl (C=O) groups excluding carboxylic acids is 1. The fraction of sp³-hybridized carbons (Fsp3) is 0.333. The average molecular weight is 278 g/mol. The quantitative estimate of drug-likeness (QED) is 0.506. The SMILES string of the molecule is C[C@H](C(=O)O)N(C)C(=O)OCc1ccc(N=[N+]=[N-])cc1. The molecule has 106 valence electrons. The molecule has 0 saturated carbocycles. The highest BCUT2D eigenvalue weighted by atomic mass is 16.6. The van der Waals surface area contributed by atoms with E-state index in [4.69, 9.17) is 15.4 Å². The maximum atomic E-state index is 11.6. The number of azide groups is 1. The topological polar surface area (TPSA) is 116 Å². The van der Waals surface area contributed by atoms with Crippen LogP contribution in [0, 0.1) is 0 Å². The van der Waals surface area contributed by atoms with Crippen LogP contribution in [0.2, 0.25) is 0 Å². The summed E-state index contributed by atoms with van der Waals surface area (Å²) in [7, 11) is 1.35. The number of carboxylic acids is 1. The second kappa shape index (κ2) is 7.01. The molecule has 0 spiro atoms. The predicted octanol–water partition coefficient (Wildman–Crippen LogP) is 2.67. The van der Waals surface area contributed by atoms with Gasteiger partial charge in [0.1, 0.15) is 12.6 Å². The summed E-state index contributed by atoms with van der Waals surface area (Å²) in [5.74, 6) is -1.11. The van der Waals surface area contributed by atoms with Crippen molar-refractivity contribution in [3.63, 3.8) is 0 Å². The van der Waals surface area contributed by atoms with Gasteiger partial charge in [0.15, 0.2) is 0 Å². The number of aliphatic carboxylic acids is 1. The Balaban J connectivity index is 2.56. The first-order valence-corrected chi connectivity index (χ1v) is 5.72. The van der Waals surface area contributed by atoms with Crippen molar-refractivity contribution in [3.05, 3.63) is 40.3 Å². The molecule has 1 aromatic carbocycles. The van der Waals surface area contributed by atoms with Crippen LogP contribution in [-0.4, -0.2) is 35.2 Å². The second-order valence-electron chi connectivity index (χ2n) is 4.04. The van der Waals surface area contributed by atoms with E-state index < -0.39 is 18.1 Å². The molecule has 0 bridgehead atoms. The molecule has 0 aliphatic carbocycles. The van der Waals surface area contributed by atoms with Crippen LogP contribution in [0.5, 0.6) is 0 Å². The zero-order valence-electron chi connectivity index (χ0n) is 11.1. The van der Waals surface area contributed by atoms with Crippen LogP contribution >= 0.6 is 0 Å². The van der Waals surface area contributed by atoms with Gasteiger partial charge in [-0.25, -0.2) is 9.59 Å². The van der Waals surface area contributed by atoms with Gasteiger partial charge in [0, 0.05) is 17.6 Å².